The second kappa shape index (κ2) is 5.96. The van der Waals surface area contributed by atoms with Gasteiger partial charge in [0, 0.05) is 11.4 Å². The number of nitrogens with one attached hydrogen (secondary N) is 1. The van der Waals surface area contributed by atoms with E-state index in [9.17, 15) is 4.79 Å². The highest BCUT2D eigenvalue weighted by molar-refractivity contribution is 8.39. The summed E-state index contributed by atoms with van der Waals surface area (Å²) in [5.74, 6) is 1.50. The number of rotatable bonds is 3. The molecule has 1 aliphatic rings. The zero-order chi connectivity index (χ0) is 11.2. The summed E-state index contributed by atoms with van der Waals surface area (Å²) in [4.78, 5) is 15.9. The van der Waals surface area contributed by atoms with Crippen LogP contribution in [0.4, 0.5) is 5.69 Å². The minimum absolute atomic E-state index is 0.0198. The molecule has 0 fully saturated rings. The van der Waals surface area contributed by atoms with Crippen LogP contribution in [0.2, 0.25) is 0 Å². The summed E-state index contributed by atoms with van der Waals surface area (Å²) >= 11 is 3.24. The lowest BCUT2D eigenvalue weighted by Crippen LogP contribution is -2.14. The summed E-state index contributed by atoms with van der Waals surface area (Å²) in [7, 11) is 0. The van der Waals surface area contributed by atoms with Crippen LogP contribution < -0.4 is 5.32 Å². The standard InChI is InChI=1S/C11H12N2OS2/c14-10(8-16-11-12-6-7-15-11)13-9-4-2-1-3-5-9/h1-5H,6-8H2,(H,13,14). The van der Waals surface area contributed by atoms with Crippen molar-refractivity contribution in [2.75, 3.05) is 23.4 Å². The Morgan fingerprint density at radius 3 is 2.94 bits per heavy atom. The molecule has 1 amide bonds. The van der Waals surface area contributed by atoms with E-state index in [1.165, 1.54) is 11.8 Å². The van der Waals surface area contributed by atoms with Gasteiger partial charge in [0.1, 0.15) is 4.38 Å². The van der Waals surface area contributed by atoms with Crippen molar-refractivity contribution in [2.45, 2.75) is 0 Å². The first-order valence-corrected chi connectivity index (χ1v) is 6.96. The Morgan fingerprint density at radius 1 is 1.44 bits per heavy atom. The van der Waals surface area contributed by atoms with Gasteiger partial charge in [-0.15, -0.1) is 0 Å². The Labute approximate surface area is 103 Å². The molecular weight excluding hydrogens is 240 g/mol. The zero-order valence-corrected chi connectivity index (χ0v) is 10.3. The third-order valence-electron chi connectivity index (χ3n) is 1.94. The van der Waals surface area contributed by atoms with Crippen molar-refractivity contribution in [3.05, 3.63) is 30.3 Å². The molecule has 1 heterocycles. The van der Waals surface area contributed by atoms with Crippen LogP contribution in [0.15, 0.2) is 35.3 Å². The first-order chi connectivity index (χ1) is 7.84. The number of thioether (sulfide) groups is 2. The van der Waals surface area contributed by atoms with Gasteiger partial charge in [-0.25, -0.2) is 0 Å². The van der Waals surface area contributed by atoms with Gasteiger partial charge in [-0.1, -0.05) is 41.7 Å². The van der Waals surface area contributed by atoms with Crippen molar-refractivity contribution < 1.29 is 4.79 Å². The normalized spacial score (nSPS) is 14.6. The highest BCUT2D eigenvalue weighted by Crippen LogP contribution is 2.21. The summed E-state index contributed by atoms with van der Waals surface area (Å²) in [6, 6.07) is 9.49. The van der Waals surface area contributed by atoms with Crippen molar-refractivity contribution >= 4 is 39.5 Å². The summed E-state index contributed by atoms with van der Waals surface area (Å²) in [5, 5.41) is 2.84. The minimum Gasteiger partial charge on any atom is -0.325 e. The van der Waals surface area contributed by atoms with E-state index in [-0.39, 0.29) is 5.91 Å². The number of para-hydroxylation sites is 1. The van der Waals surface area contributed by atoms with Gasteiger partial charge in [0.2, 0.25) is 5.91 Å². The van der Waals surface area contributed by atoms with Gasteiger partial charge in [-0.2, -0.15) is 0 Å². The molecular formula is C11H12N2OS2. The molecule has 0 spiro atoms. The van der Waals surface area contributed by atoms with Crippen molar-refractivity contribution in [2.24, 2.45) is 4.99 Å². The van der Waals surface area contributed by atoms with Crippen LogP contribution >= 0.6 is 23.5 Å². The first-order valence-electron chi connectivity index (χ1n) is 4.99. The number of amides is 1. The number of carbonyl (C=O) groups is 1. The fourth-order valence-electron chi connectivity index (χ4n) is 1.25. The van der Waals surface area contributed by atoms with Gasteiger partial charge in [0.05, 0.1) is 12.3 Å². The van der Waals surface area contributed by atoms with Crippen molar-refractivity contribution in [3.63, 3.8) is 0 Å². The predicted molar refractivity (Wildman–Crippen MR) is 72.3 cm³/mol. The van der Waals surface area contributed by atoms with E-state index in [2.05, 4.69) is 10.3 Å². The van der Waals surface area contributed by atoms with E-state index in [0.29, 0.717) is 5.75 Å². The van der Waals surface area contributed by atoms with Crippen LogP contribution in [0.25, 0.3) is 0 Å². The first kappa shape index (κ1) is 11.5. The molecule has 16 heavy (non-hydrogen) atoms. The number of benzene rings is 1. The van der Waals surface area contributed by atoms with E-state index in [0.717, 1.165) is 22.4 Å². The fourth-order valence-corrected chi connectivity index (χ4v) is 3.06. The molecule has 84 valence electrons. The number of anilines is 1. The Hall–Kier alpha value is -0.940. The Bertz CT molecular complexity index is 392. The zero-order valence-electron chi connectivity index (χ0n) is 8.68. The Balaban J connectivity index is 1.76. The van der Waals surface area contributed by atoms with Crippen LogP contribution in [0.5, 0.6) is 0 Å². The van der Waals surface area contributed by atoms with Crippen LogP contribution in [0, 0.1) is 0 Å². The molecule has 1 N–H and O–H groups in total. The van der Waals surface area contributed by atoms with Gasteiger partial charge in [0.25, 0.3) is 0 Å². The van der Waals surface area contributed by atoms with Gasteiger partial charge < -0.3 is 5.32 Å². The lowest BCUT2D eigenvalue weighted by atomic mass is 10.3. The highest BCUT2D eigenvalue weighted by atomic mass is 32.2. The molecule has 0 radical (unpaired) electrons. The molecule has 0 aromatic heterocycles. The molecule has 1 aromatic carbocycles. The fraction of sp³-hybridized carbons (Fsp3) is 0.273. The maximum atomic E-state index is 11.6. The SMILES string of the molecule is O=C(CSC1=NCCS1)Nc1ccccc1. The lowest BCUT2D eigenvalue weighted by Gasteiger charge is -2.04. The smallest absolute Gasteiger partial charge is 0.234 e. The molecule has 2 rings (SSSR count). The molecule has 0 saturated heterocycles. The Morgan fingerprint density at radius 2 is 2.25 bits per heavy atom. The molecule has 1 aromatic rings. The van der Waals surface area contributed by atoms with E-state index in [1.54, 1.807) is 11.8 Å². The van der Waals surface area contributed by atoms with Crippen molar-refractivity contribution in [1.29, 1.82) is 0 Å². The van der Waals surface area contributed by atoms with Gasteiger partial charge >= 0.3 is 0 Å². The minimum atomic E-state index is 0.0198. The largest absolute Gasteiger partial charge is 0.325 e. The van der Waals surface area contributed by atoms with Crippen LogP contribution in [-0.2, 0) is 4.79 Å². The van der Waals surface area contributed by atoms with Gasteiger partial charge in [-0.3, -0.25) is 9.79 Å². The average Bonchev–Trinajstić information content (AvgIpc) is 2.81. The number of hydrogen-bond acceptors (Lipinski definition) is 4. The quantitative estimate of drug-likeness (QED) is 0.898. The monoisotopic (exact) mass is 252 g/mol. The van der Waals surface area contributed by atoms with Crippen LogP contribution in [0.3, 0.4) is 0 Å². The maximum Gasteiger partial charge on any atom is 0.234 e. The van der Waals surface area contributed by atoms with Crippen LogP contribution in [0.1, 0.15) is 0 Å². The number of carbonyl (C=O) groups excluding carboxylic acids is 1. The summed E-state index contributed by atoms with van der Waals surface area (Å²) in [5.41, 5.74) is 0.842. The molecule has 0 unspecified atom stereocenters. The van der Waals surface area contributed by atoms with E-state index in [4.69, 9.17) is 0 Å². The van der Waals surface area contributed by atoms with Crippen molar-refractivity contribution in [1.82, 2.24) is 0 Å². The summed E-state index contributed by atoms with van der Waals surface area (Å²) in [6.45, 7) is 0.882. The van der Waals surface area contributed by atoms with E-state index >= 15 is 0 Å². The van der Waals surface area contributed by atoms with Gasteiger partial charge in [-0.05, 0) is 12.1 Å². The van der Waals surface area contributed by atoms with E-state index in [1.807, 2.05) is 30.3 Å². The topological polar surface area (TPSA) is 41.5 Å². The maximum absolute atomic E-state index is 11.6. The molecule has 5 heteroatoms. The molecule has 0 bridgehead atoms. The van der Waals surface area contributed by atoms with Crippen molar-refractivity contribution in [3.8, 4) is 0 Å². The third kappa shape index (κ3) is 3.57. The third-order valence-corrected chi connectivity index (χ3v) is 4.19. The lowest BCUT2D eigenvalue weighted by molar-refractivity contribution is -0.113. The molecule has 0 aliphatic carbocycles. The molecule has 1 aliphatic heterocycles. The van der Waals surface area contributed by atoms with Gasteiger partial charge in [0.15, 0.2) is 0 Å². The summed E-state index contributed by atoms with van der Waals surface area (Å²) in [6.07, 6.45) is 0. The Kier molecular flexibility index (Phi) is 4.30. The summed E-state index contributed by atoms with van der Waals surface area (Å²) < 4.78 is 1.03. The molecule has 3 nitrogen and oxygen atoms in total. The number of nitrogens with zero attached hydrogens (tertiary/aromatic N) is 1. The highest BCUT2D eigenvalue weighted by Gasteiger charge is 2.10. The molecule has 0 saturated carbocycles. The average molecular weight is 252 g/mol. The molecule has 0 atom stereocenters. The van der Waals surface area contributed by atoms with E-state index < -0.39 is 0 Å². The number of hydrogen-bond donors (Lipinski definition) is 1. The predicted octanol–water partition coefficient (Wildman–Crippen LogP) is 2.46. The second-order valence-electron chi connectivity index (χ2n) is 3.20. The second-order valence-corrected chi connectivity index (χ2v) is 5.51. The van der Waals surface area contributed by atoms with Crippen LogP contribution in [-0.4, -0.2) is 28.3 Å². The number of aliphatic imine (C=N–C) groups is 1.